The Labute approximate surface area is 89.3 Å². The van der Waals surface area contributed by atoms with Gasteiger partial charge in [0.05, 0.1) is 15.7 Å². The largest absolute Gasteiger partial charge is 0.320 e. The SMILES string of the molecule is NC1(c2cn3cncc(Br)c3n2)CC1. The molecule has 0 atom stereocenters. The van der Waals surface area contributed by atoms with Crippen LogP contribution in [-0.4, -0.2) is 14.4 Å². The molecular formula is C9H9BrN4. The fourth-order valence-corrected chi connectivity index (χ4v) is 1.93. The van der Waals surface area contributed by atoms with Crippen LogP contribution in [-0.2, 0) is 5.54 Å². The Morgan fingerprint density at radius 2 is 2.29 bits per heavy atom. The average Bonchev–Trinajstić information content (AvgIpc) is 2.77. The van der Waals surface area contributed by atoms with E-state index in [4.69, 9.17) is 5.73 Å². The van der Waals surface area contributed by atoms with Crippen molar-refractivity contribution in [3.63, 3.8) is 0 Å². The molecule has 2 heterocycles. The number of halogens is 1. The molecule has 0 unspecified atom stereocenters. The fourth-order valence-electron chi connectivity index (χ4n) is 1.52. The monoisotopic (exact) mass is 252 g/mol. The van der Waals surface area contributed by atoms with Gasteiger partial charge in [-0.25, -0.2) is 9.97 Å². The molecule has 1 aliphatic carbocycles. The second-order valence-electron chi connectivity index (χ2n) is 3.75. The molecule has 14 heavy (non-hydrogen) atoms. The third-order valence-corrected chi connectivity index (χ3v) is 3.18. The van der Waals surface area contributed by atoms with Crippen LogP contribution in [0.2, 0.25) is 0 Å². The van der Waals surface area contributed by atoms with Gasteiger partial charge in [0, 0.05) is 12.4 Å². The molecule has 0 radical (unpaired) electrons. The first kappa shape index (κ1) is 8.38. The molecule has 1 aliphatic rings. The molecule has 2 N–H and O–H groups in total. The first-order valence-corrected chi connectivity index (χ1v) is 5.26. The molecule has 0 aliphatic heterocycles. The van der Waals surface area contributed by atoms with Gasteiger partial charge in [-0.1, -0.05) is 0 Å². The smallest absolute Gasteiger partial charge is 0.154 e. The van der Waals surface area contributed by atoms with E-state index >= 15 is 0 Å². The van der Waals surface area contributed by atoms with Crippen LogP contribution >= 0.6 is 15.9 Å². The van der Waals surface area contributed by atoms with Crippen molar-refractivity contribution in [2.45, 2.75) is 18.4 Å². The Balaban J connectivity index is 2.25. The number of nitrogens with two attached hydrogens (primary N) is 1. The summed E-state index contributed by atoms with van der Waals surface area (Å²) in [5, 5.41) is 0. The lowest BCUT2D eigenvalue weighted by Gasteiger charge is -2.00. The van der Waals surface area contributed by atoms with Gasteiger partial charge in [-0.15, -0.1) is 0 Å². The Morgan fingerprint density at radius 1 is 1.50 bits per heavy atom. The highest BCUT2D eigenvalue weighted by atomic mass is 79.9. The highest BCUT2D eigenvalue weighted by molar-refractivity contribution is 9.10. The Morgan fingerprint density at radius 3 is 2.93 bits per heavy atom. The van der Waals surface area contributed by atoms with Crippen LogP contribution in [0.25, 0.3) is 5.65 Å². The van der Waals surface area contributed by atoms with Gasteiger partial charge in [-0.3, -0.25) is 4.40 Å². The lowest BCUT2D eigenvalue weighted by Crippen LogP contribution is -2.18. The van der Waals surface area contributed by atoms with Gasteiger partial charge in [0.25, 0.3) is 0 Å². The van der Waals surface area contributed by atoms with Gasteiger partial charge < -0.3 is 5.73 Å². The molecule has 0 saturated heterocycles. The second-order valence-corrected chi connectivity index (χ2v) is 4.61. The number of nitrogens with zero attached hydrogens (tertiary/aromatic N) is 3. The third kappa shape index (κ3) is 1.09. The van der Waals surface area contributed by atoms with Crippen LogP contribution in [0.4, 0.5) is 0 Å². The lowest BCUT2D eigenvalue weighted by atomic mass is 10.2. The molecule has 3 rings (SSSR count). The standard InChI is InChI=1S/C9H9BrN4/c10-6-3-12-5-14-4-7(13-8(6)14)9(11)1-2-9/h3-5H,1-2,11H2. The summed E-state index contributed by atoms with van der Waals surface area (Å²) >= 11 is 3.41. The Hall–Kier alpha value is -0.940. The molecule has 1 fully saturated rings. The van der Waals surface area contributed by atoms with Crippen molar-refractivity contribution >= 4 is 21.6 Å². The number of hydrogen-bond acceptors (Lipinski definition) is 3. The molecule has 72 valence electrons. The van der Waals surface area contributed by atoms with E-state index in [1.807, 2.05) is 10.6 Å². The van der Waals surface area contributed by atoms with Gasteiger partial charge in [0.1, 0.15) is 6.33 Å². The van der Waals surface area contributed by atoms with Crippen molar-refractivity contribution in [3.8, 4) is 0 Å². The first-order valence-electron chi connectivity index (χ1n) is 4.47. The average molecular weight is 253 g/mol. The summed E-state index contributed by atoms with van der Waals surface area (Å²) in [6.07, 6.45) is 7.49. The highest BCUT2D eigenvalue weighted by Crippen LogP contribution is 2.42. The number of hydrogen-bond donors (Lipinski definition) is 1. The highest BCUT2D eigenvalue weighted by Gasteiger charge is 2.42. The first-order chi connectivity index (χ1) is 6.69. The molecular weight excluding hydrogens is 244 g/mol. The van der Waals surface area contributed by atoms with Crippen LogP contribution in [0.3, 0.4) is 0 Å². The maximum Gasteiger partial charge on any atom is 0.154 e. The van der Waals surface area contributed by atoms with Crippen LogP contribution in [0.5, 0.6) is 0 Å². The van der Waals surface area contributed by atoms with Gasteiger partial charge in [0.15, 0.2) is 5.65 Å². The summed E-state index contributed by atoms with van der Waals surface area (Å²) in [5.41, 5.74) is 7.74. The summed E-state index contributed by atoms with van der Waals surface area (Å²) in [4.78, 5) is 8.56. The zero-order chi connectivity index (χ0) is 9.76. The molecule has 2 aromatic heterocycles. The zero-order valence-electron chi connectivity index (χ0n) is 7.44. The van der Waals surface area contributed by atoms with E-state index in [1.165, 1.54) is 0 Å². The molecule has 0 spiro atoms. The van der Waals surface area contributed by atoms with E-state index in [0.717, 1.165) is 28.7 Å². The van der Waals surface area contributed by atoms with Gasteiger partial charge in [-0.2, -0.15) is 0 Å². The lowest BCUT2D eigenvalue weighted by molar-refractivity contribution is 0.715. The maximum absolute atomic E-state index is 6.07. The van der Waals surface area contributed by atoms with E-state index in [1.54, 1.807) is 12.5 Å². The molecule has 0 bridgehead atoms. The molecule has 1 saturated carbocycles. The summed E-state index contributed by atoms with van der Waals surface area (Å²) in [5.74, 6) is 0. The van der Waals surface area contributed by atoms with Crippen LogP contribution in [0, 0.1) is 0 Å². The predicted octanol–water partition coefficient (Wildman–Crippen LogP) is 1.44. The number of rotatable bonds is 1. The van der Waals surface area contributed by atoms with Crippen molar-refractivity contribution < 1.29 is 0 Å². The van der Waals surface area contributed by atoms with Crippen molar-refractivity contribution in [1.29, 1.82) is 0 Å². The maximum atomic E-state index is 6.07. The minimum atomic E-state index is -0.175. The van der Waals surface area contributed by atoms with Crippen LogP contribution in [0.1, 0.15) is 18.5 Å². The number of aromatic nitrogens is 3. The van der Waals surface area contributed by atoms with Crippen molar-refractivity contribution in [2.75, 3.05) is 0 Å². The van der Waals surface area contributed by atoms with E-state index in [0.29, 0.717) is 0 Å². The summed E-state index contributed by atoms with van der Waals surface area (Å²) in [6.45, 7) is 0. The van der Waals surface area contributed by atoms with Crippen molar-refractivity contribution in [1.82, 2.24) is 14.4 Å². The quantitative estimate of drug-likeness (QED) is 0.836. The molecule has 2 aromatic rings. The zero-order valence-corrected chi connectivity index (χ0v) is 9.03. The minimum absolute atomic E-state index is 0.175. The summed E-state index contributed by atoms with van der Waals surface area (Å²) < 4.78 is 2.79. The fraction of sp³-hybridized carbons (Fsp3) is 0.333. The van der Waals surface area contributed by atoms with Gasteiger partial charge >= 0.3 is 0 Å². The second kappa shape index (κ2) is 2.55. The normalized spacial score (nSPS) is 18.7. The van der Waals surface area contributed by atoms with E-state index in [9.17, 15) is 0 Å². The number of imidazole rings is 1. The predicted molar refractivity (Wildman–Crippen MR) is 55.8 cm³/mol. The van der Waals surface area contributed by atoms with E-state index < -0.39 is 0 Å². The van der Waals surface area contributed by atoms with Crippen LogP contribution < -0.4 is 5.73 Å². The Bertz CT molecular complexity index is 500. The molecule has 4 nitrogen and oxygen atoms in total. The van der Waals surface area contributed by atoms with Gasteiger partial charge in [-0.05, 0) is 28.8 Å². The molecule has 5 heteroatoms. The summed E-state index contributed by atoms with van der Waals surface area (Å²) in [6, 6.07) is 0. The number of fused-ring (bicyclic) bond motifs is 1. The summed E-state index contributed by atoms with van der Waals surface area (Å²) in [7, 11) is 0. The van der Waals surface area contributed by atoms with Crippen LogP contribution in [0.15, 0.2) is 23.2 Å². The van der Waals surface area contributed by atoms with Crippen molar-refractivity contribution in [3.05, 3.63) is 28.9 Å². The molecule has 0 aromatic carbocycles. The Kier molecular flexibility index (Phi) is 1.52. The third-order valence-electron chi connectivity index (χ3n) is 2.62. The minimum Gasteiger partial charge on any atom is -0.320 e. The topological polar surface area (TPSA) is 56.2 Å². The van der Waals surface area contributed by atoms with Gasteiger partial charge in [0.2, 0.25) is 0 Å². The molecule has 0 amide bonds. The van der Waals surface area contributed by atoms with Crippen molar-refractivity contribution in [2.24, 2.45) is 5.73 Å². The van der Waals surface area contributed by atoms with E-state index in [2.05, 4.69) is 25.9 Å². The van der Waals surface area contributed by atoms with E-state index in [-0.39, 0.29) is 5.54 Å².